The van der Waals surface area contributed by atoms with Gasteiger partial charge in [0.15, 0.2) is 0 Å². The van der Waals surface area contributed by atoms with E-state index in [0.717, 1.165) is 31.0 Å². The van der Waals surface area contributed by atoms with Gasteiger partial charge in [-0.15, -0.1) is 0 Å². The van der Waals surface area contributed by atoms with Crippen molar-refractivity contribution in [3.63, 3.8) is 0 Å². The number of nitrogens with zero attached hydrogens (tertiary/aromatic N) is 1. The topological polar surface area (TPSA) is 33.7 Å². The molecule has 0 bridgehead atoms. The monoisotopic (exact) mass is 266 g/mol. The lowest BCUT2D eigenvalue weighted by atomic mass is 10.0. The Kier molecular flexibility index (Phi) is 6.67. The Bertz CT molecular complexity index is 380. The van der Waals surface area contributed by atoms with E-state index in [9.17, 15) is 0 Å². The van der Waals surface area contributed by atoms with Crippen molar-refractivity contribution in [2.45, 2.75) is 19.4 Å². The van der Waals surface area contributed by atoms with Gasteiger partial charge in [-0.25, -0.2) is 0 Å². The number of hydrogen-bond donors (Lipinski definition) is 1. The number of methoxy groups -OCH3 is 2. The standard InChI is InChI=1S/C15H26N2O2/c1-6-9-16-14(11-17(2)3)13-8-7-12(18-4)10-15(13)19-5/h7-8,10,14,16H,6,9,11H2,1-5H3. The maximum absolute atomic E-state index is 5.49. The van der Waals surface area contributed by atoms with Crippen LogP contribution < -0.4 is 14.8 Å². The van der Waals surface area contributed by atoms with Gasteiger partial charge in [0.25, 0.3) is 0 Å². The molecule has 0 aliphatic rings. The summed E-state index contributed by atoms with van der Waals surface area (Å²) in [7, 11) is 7.53. The summed E-state index contributed by atoms with van der Waals surface area (Å²) in [6.45, 7) is 4.10. The molecule has 0 amide bonds. The zero-order chi connectivity index (χ0) is 14.3. The van der Waals surface area contributed by atoms with E-state index in [0.29, 0.717) is 0 Å². The van der Waals surface area contributed by atoms with Crippen LogP contribution in [0.5, 0.6) is 11.5 Å². The largest absolute Gasteiger partial charge is 0.497 e. The summed E-state index contributed by atoms with van der Waals surface area (Å²) < 4.78 is 10.7. The Morgan fingerprint density at radius 3 is 2.47 bits per heavy atom. The highest BCUT2D eigenvalue weighted by Crippen LogP contribution is 2.29. The summed E-state index contributed by atoms with van der Waals surface area (Å²) in [5.74, 6) is 1.69. The van der Waals surface area contributed by atoms with Gasteiger partial charge in [0.05, 0.1) is 14.2 Å². The van der Waals surface area contributed by atoms with Crippen molar-refractivity contribution in [1.29, 1.82) is 0 Å². The van der Waals surface area contributed by atoms with Crippen molar-refractivity contribution < 1.29 is 9.47 Å². The van der Waals surface area contributed by atoms with E-state index in [1.807, 2.05) is 12.1 Å². The predicted octanol–water partition coefficient (Wildman–Crippen LogP) is 2.31. The maximum atomic E-state index is 5.49. The lowest BCUT2D eigenvalue weighted by molar-refractivity contribution is 0.330. The van der Waals surface area contributed by atoms with Crippen LogP contribution in [-0.2, 0) is 0 Å². The van der Waals surface area contributed by atoms with Crippen LogP contribution in [0, 0.1) is 0 Å². The minimum absolute atomic E-state index is 0.260. The summed E-state index contributed by atoms with van der Waals surface area (Å²) in [5.41, 5.74) is 1.17. The van der Waals surface area contributed by atoms with Gasteiger partial charge in [-0.3, -0.25) is 0 Å². The second-order valence-electron chi connectivity index (χ2n) is 4.88. The van der Waals surface area contributed by atoms with Gasteiger partial charge in [-0.1, -0.05) is 13.0 Å². The number of ether oxygens (including phenoxy) is 2. The van der Waals surface area contributed by atoms with Gasteiger partial charge in [0.1, 0.15) is 11.5 Å². The Labute approximate surface area is 116 Å². The van der Waals surface area contributed by atoms with Crippen molar-refractivity contribution in [2.24, 2.45) is 0 Å². The molecule has 1 aromatic carbocycles. The molecule has 0 fully saturated rings. The molecule has 0 radical (unpaired) electrons. The zero-order valence-corrected chi connectivity index (χ0v) is 12.7. The Hall–Kier alpha value is -1.26. The first-order valence-corrected chi connectivity index (χ1v) is 6.72. The van der Waals surface area contributed by atoms with Crippen LogP contribution in [0.1, 0.15) is 24.9 Å². The van der Waals surface area contributed by atoms with E-state index in [4.69, 9.17) is 9.47 Å². The van der Waals surface area contributed by atoms with Crippen LogP contribution in [0.15, 0.2) is 18.2 Å². The van der Waals surface area contributed by atoms with Crippen molar-refractivity contribution in [3.05, 3.63) is 23.8 Å². The van der Waals surface area contributed by atoms with E-state index < -0.39 is 0 Å². The van der Waals surface area contributed by atoms with Gasteiger partial charge >= 0.3 is 0 Å². The summed E-state index contributed by atoms with van der Waals surface area (Å²) in [5, 5.41) is 3.57. The molecule has 1 aromatic rings. The summed E-state index contributed by atoms with van der Waals surface area (Å²) >= 11 is 0. The van der Waals surface area contributed by atoms with Crippen LogP contribution >= 0.6 is 0 Å². The molecule has 1 N–H and O–H groups in total. The number of benzene rings is 1. The van der Waals surface area contributed by atoms with Crippen molar-refractivity contribution in [3.8, 4) is 11.5 Å². The third-order valence-electron chi connectivity index (χ3n) is 3.00. The highest BCUT2D eigenvalue weighted by atomic mass is 16.5. The molecule has 0 saturated carbocycles. The summed E-state index contributed by atoms with van der Waals surface area (Å²) in [6.07, 6.45) is 1.11. The summed E-state index contributed by atoms with van der Waals surface area (Å²) in [4.78, 5) is 2.18. The van der Waals surface area contributed by atoms with Crippen molar-refractivity contribution in [2.75, 3.05) is 41.4 Å². The zero-order valence-electron chi connectivity index (χ0n) is 12.7. The molecule has 0 heterocycles. The first-order valence-electron chi connectivity index (χ1n) is 6.72. The lowest BCUT2D eigenvalue weighted by Crippen LogP contribution is -2.32. The minimum Gasteiger partial charge on any atom is -0.497 e. The molecule has 1 unspecified atom stereocenters. The van der Waals surface area contributed by atoms with Crippen LogP contribution in [0.3, 0.4) is 0 Å². The Balaban J connectivity index is 2.98. The highest BCUT2D eigenvalue weighted by molar-refractivity contribution is 5.42. The first-order chi connectivity index (χ1) is 9.12. The normalized spacial score (nSPS) is 12.5. The Morgan fingerprint density at radius 1 is 1.21 bits per heavy atom. The predicted molar refractivity (Wildman–Crippen MR) is 79.1 cm³/mol. The van der Waals surface area contributed by atoms with Crippen molar-refractivity contribution in [1.82, 2.24) is 10.2 Å². The first kappa shape index (κ1) is 15.8. The molecule has 0 aliphatic carbocycles. The average Bonchev–Trinajstić information content (AvgIpc) is 2.42. The van der Waals surface area contributed by atoms with E-state index in [1.54, 1.807) is 14.2 Å². The molecule has 4 nitrogen and oxygen atoms in total. The van der Waals surface area contributed by atoms with E-state index in [1.165, 1.54) is 5.56 Å². The van der Waals surface area contributed by atoms with Crippen molar-refractivity contribution >= 4 is 0 Å². The fraction of sp³-hybridized carbons (Fsp3) is 0.600. The molecule has 0 spiro atoms. The molecular formula is C15H26N2O2. The van der Waals surface area contributed by atoms with E-state index >= 15 is 0 Å². The van der Waals surface area contributed by atoms with Gasteiger partial charge < -0.3 is 19.7 Å². The van der Waals surface area contributed by atoms with Gasteiger partial charge in [0, 0.05) is 24.2 Å². The number of hydrogen-bond acceptors (Lipinski definition) is 4. The van der Waals surface area contributed by atoms with Gasteiger partial charge in [-0.2, -0.15) is 0 Å². The fourth-order valence-electron chi connectivity index (χ4n) is 2.06. The third kappa shape index (κ3) is 4.73. The molecule has 0 aromatic heterocycles. The number of rotatable bonds is 8. The maximum Gasteiger partial charge on any atom is 0.127 e. The third-order valence-corrected chi connectivity index (χ3v) is 3.00. The quantitative estimate of drug-likeness (QED) is 0.783. The Morgan fingerprint density at radius 2 is 1.95 bits per heavy atom. The van der Waals surface area contributed by atoms with E-state index in [2.05, 4.69) is 37.3 Å². The fourth-order valence-corrected chi connectivity index (χ4v) is 2.06. The second kappa shape index (κ2) is 8.02. The summed E-state index contributed by atoms with van der Waals surface area (Å²) in [6, 6.07) is 6.25. The number of likely N-dealkylation sites (N-methyl/N-ethyl adjacent to an activating group) is 1. The average molecular weight is 266 g/mol. The van der Waals surface area contributed by atoms with Crippen LogP contribution in [0.4, 0.5) is 0 Å². The van der Waals surface area contributed by atoms with Gasteiger partial charge in [-0.05, 0) is 33.1 Å². The molecule has 0 aliphatic heterocycles. The molecule has 1 rings (SSSR count). The van der Waals surface area contributed by atoms with Gasteiger partial charge in [0.2, 0.25) is 0 Å². The molecule has 4 heteroatoms. The van der Waals surface area contributed by atoms with E-state index in [-0.39, 0.29) is 6.04 Å². The molecule has 19 heavy (non-hydrogen) atoms. The van der Waals surface area contributed by atoms with Crippen LogP contribution in [0.25, 0.3) is 0 Å². The van der Waals surface area contributed by atoms with Crippen LogP contribution in [-0.4, -0.2) is 46.3 Å². The lowest BCUT2D eigenvalue weighted by Gasteiger charge is -2.24. The second-order valence-corrected chi connectivity index (χ2v) is 4.88. The molecule has 108 valence electrons. The smallest absolute Gasteiger partial charge is 0.127 e. The molecule has 0 saturated heterocycles. The molecular weight excluding hydrogens is 240 g/mol. The number of nitrogens with one attached hydrogen (secondary N) is 1. The highest BCUT2D eigenvalue weighted by Gasteiger charge is 2.17. The SMILES string of the molecule is CCCNC(CN(C)C)c1ccc(OC)cc1OC. The minimum atomic E-state index is 0.260. The molecule has 1 atom stereocenters. The van der Waals surface area contributed by atoms with Crippen LogP contribution in [0.2, 0.25) is 0 Å².